The molecule has 0 aliphatic carbocycles. The lowest BCUT2D eigenvalue weighted by Gasteiger charge is -2.45. The van der Waals surface area contributed by atoms with E-state index in [-0.39, 0.29) is 0 Å². The molecule has 18 heavy (non-hydrogen) atoms. The fourth-order valence-electron chi connectivity index (χ4n) is 3.27. The summed E-state index contributed by atoms with van der Waals surface area (Å²) in [4.78, 5) is 6.47. The fourth-order valence-corrected chi connectivity index (χ4v) is 3.51. The van der Waals surface area contributed by atoms with Crippen molar-refractivity contribution in [3.8, 4) is 0 Å². The molecule has 3 nitrogen and oxygen atoms in total. The van der Waals surface area contributed by atoms with E-state index < -0.39 is 0 Å². The SMILES string of the molecule is Clc1cnccc1N1CCCC2(CCCOC2)C1. The van der Waals surface area contributed by atoms with Crippen molar-refractivity contribution in [3.63, 3.8) is 0 Å². The van der Waals surface area contributed by atoms with E-state index in [1.165, 1.54) is 25.7 Å². The van der Waals surface area contributed by atoms with Crippen molar-refractivity contribution in [1.29, 1.82) is 0 Å². The van der Waals surface area contributed by atoms with Crippen LogP contribution in [-0.4, -0.2) is 31.3 Å². The van der Waals surface area contributed by atoms with E-state index in [2.05, 4.69) is 9.88 Å². The summed E-state index contributed by atoms with van der Waals surface area (Å²) in [5.41, 5.74) is 1.47. The Hall–Kier alpha value is -0.800. The summed E-state index contributed by atoms with van der Waals surface area (Å²) in [6, 6.07) is 2.02. The van der Waals surface area contributed by atoms with Gasteiger partial charge in [0.15, 0.2) is 0 Å². The highest BCUT2D eigenvalue weighted by Crippen LogP contribution is 2.40. The van der Waals surface area contributed by atoms with Gasteiger partial charge in [0, 0.05) is 37.5 Å². The topological polar surface area (TPSA) is 25.4 Å². The molecule has 0 aromatic carbocycles. The van der Waals surface area contributed by atoms with Crippen molar-refractivity contribution in [2.24, 2.45) is 5.41 Å². The van der Waals surface area contributed by atoms with Crippen molar-refractivity contribution in [2.75, 3.05) is 31.2 Å². The molecule has 1 aromatic heterocycles. The molecule has 3 heterocycles. The first-order valence-electron chi connectivity index (χ1n) is 6.71. The third-order valence-corrected chi connectivity index (χ3v) is 4.45. The van der Waals surface area contributed by atoms with E-state index in [1.54, 1.807) is 6.20 Å². The van der Waals surface area contributed by atoms with Gasteiger partial charge in [0.05, 0.1) is 17.3 Å². The van der Waals surface area contributed by atoms with Crippen LogP contribution >= 0.6 is 11.6 Å². The van der Waals surface area contributed by atoms with Crippen molar-refractivity contribution in [3.05, 3.63) is 23.5 Å². The third-order valence-electron chi connectivity index (χ3n) is 4.16. The van der Waals surface area contributed by atoms with Crippen molar-refractivity contribution in [2.45, 2.75) is 25.7 Å². The summed E-state index contributed by atoms with van der Waals surface area (Å²) in [6.07, 6.45) is 8.54. The molecule has 2 aliphatic heterocycles. The minimum atomic E-state index is 0.350. The maximum absolute atomic E-state index is 6.25. The molecular weight excluding hydrogens is 248 g/mol. The van der Waals surface area contributed by atoms with Crippen LogP contribution in [0.3, 0.4) is 0 Å². The summed E-state index contributed by atoms with van der Waals surface area (Å²) >= 11 is 6.25. The van der Waals surface area contributed by atoms with Crippen LogP contribution in [0.4, 0.5) is 5.69 Å². The third kappa shape index (κ3) is 2.34. The Morgan fingerprint density at radius 2 is 2.22 bits per heavy atom. The largest absolute Gasteiger partial charge is 0.381 e. The lowest BCUT2D eigenvalue weighted by Crippen LogP contribution is -2.47. The van der Waals surface area contributed by atoms with Gasteiger partial charge in [-0.3, -0.25) is 4.98 Å². The van der Waals surface area contributed by atoms with Gasteiger partial charge in [0.1, 0.15) is 0 Å². The molecule has 2 fully saturated rings. The molecule has 0 amide bonds. The highest BCUT2D eigenvalue weighted by Gasteiger charge is 2.37. The number of hydrogen-bond acceptors (Lipinski definition) is 3. The predicted octanol–water partition coefficient (Wildman–Crippen LogP) is 3.13. The summed E-state index contributed by atoms with van der Waals surface area (Å²) in [5.74, 6) is 0. The molecule has 3 rings (SSSR count). The van der Waals surface area contributed by atoms with Crippen LogP contribution in [0.15, 0.2) is 18.5 Å². The van der Waals surface area contributed by atoms with Crippen LogP contribution in [0.25, 0.3) is 0 Å². The Balaban J connectivity index is 1.80. The number of piperidine rings is 1. The van der Waals surface area contributed by atoms with E-state index >= 15 is 0 Å². The number of rotatable bonds is 1. The molecule has 1 unspecified atom stereocenters. The zero-order valence-corrected chi connectivity index (χ0v) is 11.3. The highest BCUT2D eigenvalue weighted by atomic mass is 35.5. The van der Waals surface area contributed by atoms with E-state index in [9.17, 15) is 0 Å². The summed E-state index contributed by atoms with van der Waals surface area (Å²) in [5, 5.41) is 0.756. The standard InChI is InChI=1S/C14H19ClN2O/c15-12-9-16-6-3-13(12)17-7-1-4-14(10-17)5-2-8-18-11-14/h3,6,9H,1-2,4-5,7-8,10-11H2. The number of halogens is 1. The summed E-state index contributed by atoms with van der Waals surface area (Å²) < 4.78 is 5.71. The zero-order valence-electron chi connectivity index (χ0n) is 10.6. The van der Waals surface area contributed by atoms with Gasteiger partial charge in [-0.15, -0.1) is 0 Å². The predicted molar refractivity (Wildman–Crippen MR) is 73.2 cm³/mol. The maximum atomic E-state index is 6.25. The van der Waals surface area contributed by atoms with E-state index in [0.29, 0.717) is 5.41 Å². The molecule has 2 aliphatic rings. The van der Waals surface area contributed by atoms with Gasteiger partial charge in [-0.25, -0.2) is 0 Å². The smallest absolute Gasteiger partial charge is 0.0822 e. The molecule has 1 spiro atoms. The molecule has 98 valence electrons. The molecule has 1 aromatic rings. The molecule has 1 atom stereocenters. The second-order valence-corrected chi connectivity index (χ2v) is 5.92. The minimum Gasteiger partial charge on any atom is -0.381 e. The Morgan fingerprint density at radius 3 is 3.00 bits per heavy atom. The van der Waals surface area contributed by atoms with Gasteiger partial charge in [0.2, 0.25) is 0 Å². The van der Waals surface area contributed by atoms with Gasteiger partial charge in [0.25, 0.3) is 0 Å². The van der Waals surface area contributed by atoms with Crippen LogP contribution < -0.4 is 4.90 Å². The Morgan fingerprint density at radius 1 is 1.33 bits per heavy atom. The second kappa shape index (κ2) is 5.06. The van der Waals surface area contributed by atoms with Gasteiger partial charge in [-0.1, -0.05) is 11.6 Å². The average Bonchev–Trinajstić information content (AvgIpc) is 2.40. The maximum Gasteiger partial charge on any atom is 0.0822 e. The number of anilines is 1. The fraction of sp³-hybridized carbons (Fsp3) is 0.643. The molecule has 0 saturated carbocycles. The quantitative estimate of drug-likeness (QED) is 0.781. The molecule has 0 N–H and O–H groups in total. The highest BCUT2D eigenvalue weighted by molar-refractivity contribution is 6.33. The van der Waals surface area contributed by atoms with E-state index in [1.807, 2.05) is 12.3 Å². The Bertz CT molecular complexity index is 413. The first-order chi connectivity index (χ1) is 8.79. The first kappa shape index (κ1) is 12.2. The van der Waals surface area contributed by atoms with Crippen molar-refractivity contribution >= 4 is 17.3 Å². The number of nitrogens with zero attached hydrogens (tertiary/aromatic N) is 2. The van der Waals surface area contributed by atoms with Crippen molar-refractivity contribution in [1.82, 2.24) is 4.98 Å². The van der Waals surface area contributed by atoms with Crippen LogP contribution in [0, 0.1) is 5.41 Å². The van der Waals surface area contributed by atoms with Crippen LogP contribution in [-0.2, 0) is 4.74 Å². The first-order valence-corrected chi connectivity index (χ1v) is 7.09. The van der Waals surface area contributed by atoms with Gasteiger partial charge < -0.3 is 9.64 Å². The normalized spacial score (nSPS) is 28.6. The Kier molecular flexibility index (Phi) is 3.44. The van der Waals surface area contributed by atoms with Crippen LogP contribution in [0.1, 0.15) is 25.7 Å². The molecular formula is C14H19ClN2O. The molecule has 0 radical (unpaired) electrons. The molecule has 4 heteroatoms. The number of pyridine rings is 1. The molecule has 2 saturated heterocycles. The van der Waals surface area contributed by atoms with Crippen molar-refractivity contribution < 1.29 is 4.74 Å². The molecule has 0 bridgehead atoms. The zero-order chi connectivity index (χ0) is 12.4. The van der Waals surface area contributed by atoms with Gasteiger partial charge in [-0.05, 0) is 31.7 Å². The lowest BCUT2D eigenvalue weighted by atomic mass is 9.76. The van der Waals surface area contributed by atoms with E-state index in [0.717, 1.165) is 37.0 Å². The number of ether oxygens (including phenoxy) is 1. The van der Waals surface area contributed by atoms with Gasteiger partial charge in [-0.2, -0.15) is 0 Å². The summed E-state index contributed by atoms with van der Waals surface area (Å²) in [6.45, 7) is 3.99. The monoisotopic (exact) mass is 266 g/mol. The second-order valence-electron chi connectivity index (χ2n) is 5.51. The number of aromatic nitrogens is 1. The summed E-state index contributed by atoms with van der Waals surface area (Å²) in [7, 11) is 0. The average molecular weight is 267 g/mol. The Labute approximate surface area is 113 Å². The van der Waals surface area contributed by atoms with Crippen LogP contribution in [0.5, 0.6) is 0 Å². The van der Waals surface area contributed by atoms with Gasteiger partial charge >= 0.3 is 0 Å². The van der Waals surface area contributed by atoms with E-state index in [4.69, 9.17) is 16.3 Å². The lowest BCUT2D eigenvalue weighted by molar-refractivity contribution is -0.0150. The van der Waals surface area contributed by atoms with Crippen LogP contribution in [0.2, 0.25) is 5.02 Å². The number of hydrogen-bond donors (Lipinski definition) is 0. The minimum absolute atomic E-state index is 0.350.